The van der Waals surface area contributed by atoms with Crippen molar-refractivity contribution in [2.75, 3.05) is 13.1 Å². The predicted molar refractivity (Wildman–Crippen MR) is 89.2 cm³/mol. The summed E-state index contributed by atoms with van der Waals surface area (Å²) in [7, 11) is 0. The molecule has 7 heteroatoms. The smallest absolute Gasteiger partial charge is 0.255 e. The summed E-state index contributed by atoms with van der Waals surface area (Å²) in [6.45, 7) is 1.05. The van der Waals surface area contributed by atoms with Crippen LogP contribution < -0.4 is 5.56 Å². The maximum atomic E-state index is 12.8. The third-order valence-electron chi connectivity index (χ3n) is 4.58. The van der Waals surface area contributed by atoms with Gasteiger partial charge in [0.1, 0.15) is 0 Å². The Morgan fingerprint density at radius 2 is 1.92 bits per heavy atom. The molecule has 7 nitrogen and oxygen atoms in total. The van der Waals surface area contributed by atoms with Gasteiger partial charge in [-0.3, -0.25) is 9.59 Å². The van der Waals surface area contributed by atoms with E-state index in [1.54, 1.807) is 11.0 Å². The largest absolute Gasteiger partial charge is 0.343 e. The number of benzene rings is 1. The minimum atomic E-state index is -0.232. The molecule has 126 valence electrons. The Labute approximate surface area is 143 Å². The highest BCUT2D eigenvalue weighted by atomic mass is 16.5. The topological polar surface area (TPSA) is 92.1 Å². The zero-order chi connectivity index (χ0) is 17.2. The highest BCUT2D eigenvalue weighted by Gasteiger charge is 2.39. The third kappa shape index (κ3) is 2.96. The summed E-state index contributed by atoms with van der Waals surface area (Å²) >= 11 is 0. The molecule has 0 saturated carbocycles. The zero-order valence-electron chi connectivity index (χ0n) is 13.3. The maximum absolute atomic E-state index is 12.8. The van der Waals surface area contributed by atoms with Crippen molar-refractivity contribution >= 4 is 5.91 Å². The Morgan fingerprint density at radius 1 is 1.12 bits per heavy atom. The van der Waals surface area contributed by atoms with Gasteiger partial charge >= 0.3 is 0 Å². The van der Waals surface area contributed by atoms with Crippen molar-refractivity contribution in [2.45, 2.75) is 11.8 Å². The molecule has 25 heavy (non-hydrogen) atoms. The summed E-state index contributed by atoms with van der Waals surface area (Å²) in [6.07, 6.45) is 2.76. The fourth-order valence-corrected chi connectivity index (χ4v) is 3.34. The summed E-state index contributed by atoms with van der Waals surface area (Å²) in [4.78, 5) is 32.5. The van der Waals surface area contributed by atoms with Crippen LogP contribution in [0.5, 0.6) is 0 Å². The normalized spacial score (nSPS) is 19.9. The predicted octanol–water partition coefficient (Wildman–Crippen LogP) is 1.78. The van der Waals surface area contributed by atoms with E-state index in [2.05, 4.69) is 15.1 Å². The summed E-state index contributed by atoms with van der Waals surface area (Å²) in [5.74, 6) is 0.534. The van der Waals surface area contributed by atoms with Crippen LogP contribution in [0.2, 0.25) is 0 Å². The summed E-state index contributed by atoms with van der Waals surface area (Å²) in [5, 5.41) is 3.98. The Kier molecular flexibility index (Phi) is 3.89. The third-order valence-corrected chi connectivity index (χ3v) is 4.58. The Balaban J connectivity index is 1.64. The van der Waals surface area contributed by atoms with Crippen molar-refractivity contribution in [2.24, 2.45) is 0 Å². The van der Waals surface area contributed by atoms with Gasteiger partial charge in [-0.05, 0) is 11.6 Å². The molecule has 1 aliphatic rings. The van der Waals surface area contributed by atoms with E-state index < -0.39 is 0 Å². The highest BCUT2D eigenvalue weighted by Crippen LogP contribution is 2.38. The summed E-state index contributed by atoms with van der Waals surface area (Å²) < 4.78 is 4.90. The van der Waals surface area contributed by atoms with Gasteiger partial charge in [0.25, 0.3) is 5.91 Å². The van der Waals surface area contributed by atoms with Crippen LogP contribution in [0, 0.1) is 0 Å². The van der Waals surface area contributed by atoms with E-state index >= 15 is 0 Å². The number of pyridine rings is 1. The number of hydrogen-bond donors (Lipinski definition) is 1. The number of hydrogen-bond acceptors (Lipinski definition) is 5. The number of nitrogens with zero attached hydrogens (tertiary/aromatic N) is 3. The molecular weight excluding hydrogens is 320 g/mol. The average Bonchev–Trinajstić information content (AvgIpc) is 3.32. The number of carbonyl (C=O) groups excluding carboxylic acids is 1. The second-order valence-corrected chi connectivity index (χ2v) is 6.06. The number of aromatic amines is 1. The minimum absolute atomic E-state index is 0.0344. The molecule has 0 bridgehead atoms. The van der Waals surface area contributed by atoms with E-state index in [1.165, 1.54) is 18.7 Å². The molecule has 0 spiro atoms. The standard InChI is InChI=1S/C18H16N4O3/c23-16-7-6-13(8-19-16)18(24)22-9-14(12-4-2-1-3-5-12)15(10-22)17-20-11-25-21-17/h1-8,11,14-15H,9-10H2,(H,19,23). The maximum Gasteiger partial charge on any atom is 0.255 e. The molecule has 4 rings (SSSR count). The first-order valence-corrected chi connectivity index (χ1v) is 8.01. The Morgan fingerprint density at radius 3 is 2.60 bits per heavy atom. The van der Waals surface area contributed by atoms with Gasteiger partial charge in [-0.15, -0.1) is 0 Å². The first-order valence-electron chi connectivity index (χ1n) is 8.01. The molecule has 3 heterocycles. The molecule has 0 radical (unpaired) electrons. The SMILES string of the molecule is O=C(c1ccc(=O)[nH]c1)N1CC(c2ccccc2)C(c2ncon2)C1. The monoisotopic (exact) mass is 336 g/mol. The molecule has 3 aromatic rings. The lowest BCUT2D eigenvalue weighted by molar-refractivity contribution is 0.0788. The van der Waals surface area contributed by atoms with E-state index in [1.807, 2.05) is 30.3 Å². The number of H-pyrrole nitrogens is 1. The van der Waals surface area contributed by atoms with Crippen LogP contribution in [0.4, 0.5) is 0 Å². The van der Waals surface area contributed by atoms with Crippen molar-refractivity contribution < 1.29 is 9.32 Å². The number of amides is 1. The molecule has 1 amide bonds. The van der Waals surface area contributed by atoms with Crippen LogP contribution >= 0.6 is 0 Å². The van der Waals surface area contributed by atoms with Crippen LogP contribution in [0.25, 0.3) is 0 Å². The molecule has 2 atom stereocenters. The molecule has 0 aliphatic carbocycles. The average molecular weight is 336 g/mol. The molecule has 1 aliphatic heterocycles. The lowest BCUT2D eigenvalue weighted by Crippen LogP contribution is -2.29. The number of nitrogens with one attached hydrogen (secondary N) is 1. The van der Waals surface area contributed by atoms with E-state index in [0.29, 0.717) is 24.5 Å². The molecule has 1 saturated heterocycles. The van der Waals surface area contributed by atoms with Gasteiger partial charge in [-0.25, -0.2) is 0 Å². The van der Waals surface area contributed by atoms with Crippen molar-refractivity contribution in [1.82, 2.24) is 20.0 Å². The van der Waals surface area contributed by atoms with E-state index in [-0.39, 0.29) is 23.3 Å². The number of likely N-dealkylation sites (tertiary alicyclic amines) is 1. The lowest BCUT2D eigenvalue weighted by atomic mass is 9.88. The van der Waals surface area contributed by atoms with Gasteiger partial charge in [0.15, 0.2) is 5.82 Å². The van der Waals surface area contributed by atoms with Crippen LogP contribution in [-0.4, -0.2) is 39.0 Å². The molecule has 2 aromatic heterocycles. The molecule has 1 N–H and O–H groups in total. The summed E-state index contributed by atoms with van der Waals surface area (Å²) in [6, 6.07) is 12.9. The first kappa shape index (κ1) is 15.3. The van der Waals surface area contributed by atoms with Crippen LogP contribution in [0.15, 0.2) is 64.4 Å². The quantitative estimate of drug-likeness (QED) is 0.787. The van der Waals surface area contributed by atoms with Crippen molar-refractivity contribution in [1.29, 1.82) is 0 Å². The second kappa shape index (κ2) is 6.35. The van der Waals surface area contributed by atoms with Crippen molar-refractivity contribution in [3.8, 4) is 0 Å². The van der Waals surface area contributed by atoms with Crippen molar-refractivity contribution in [3.63, 3.8) is 0 Å². The van der Waals surface area contributed by atoms with E-state index in [0.717, 1.165) is 5.56 Å². The van der Waals surface area contributed by atoms with Gasteiger partial charge in [0.2, 0.25) is 12.0 Å². The molecule has 2 unspecified atom stereocenters. The fourth-order valence-electron chi connectivity index (χ4n) is 3.34. The fraction of sp³-hybridized carbons (Fsp3) is 0.222. The Bertz CT molecular complexity index is 901. The van der Waals surface area contributed by atoms with Gasteiger partial charge in [-0.2, -0.15) is 4.98 Å². The number of rotatable bonds is 3. The van der Waals surface area contributed by atoms with Gasteiger partial charge in [0.05, 0.1) is 5.56 Å². The first-order chi connectivity index (χ1) is 12.2. The highest BCUT2D eigenvalue weighted by molar-refractivity contribution is 5.94. The Hall–Kier alpha value is -3.22. The van der Waals surface area contributed by atoms with Crippen LogP contribution in [0.1, 0.15) is 33.6 Å². The van der Waals surface area contributed by atoms with Crippen molar-refractivity contribution in [3.05, 3.63) is 82.4 Å². The van der Waals surface area contributed by atoms with Gasteiger partial charge < -0.3 is 14.4 Å². The van der Waals surface area contributed by atoms with Crippen LogP contribution in [-0.2, 0) is 0 Å². The summed E-state index contributed by atoms with van der Waals surface area (Å²) in [5.41, 5.74) is 1.36. The molecule has 1 fully saturated rings. The minimum Gasteiger partial charge on any atom is -0.343 e. The molecule has 1 aromatic carbocycles. The molecular formula is C18H16N4O3. The van der Waals surface area contributed by atoms with Gasteiger partial charge in [-0.1, -0.05) is 35.5 Å². The second-order valence-electron chi connectivity index (χ2n) is 6.06. The van der Waals surface area contributed by atoms with E-state index in [9.17, 15) is 9.59 Å². The zero-order valence-corrected chi connectivity index (χ0v) is 13.3. The van der Waals surface area contributed by atoms with Gasteiger partial charge in [0, 0.05) is 37.2 Å². The van der Waals surface area contributed by atoms with Crippen LogP contribution in [0.3, 0.4) is 0 Å². The van der Waals surface area contributed by atoms with E-state index in [4.69, 9.17) is 4.52 Å². The number of aromatic nitrogens is 3. The lowest BCUT2D eigenvalue weighted by Gasteiger charge is -2.16. The number of carbonyl (C=O) groups is 1.